The first kappa shape index (κ1) is 11.2. The van der Waals surface area contributed by atoms with Gasteiger partial charge in [0.2, 0.25) is 0 Å². The Hall–Kier alpha value is -0.890. The van der Waals surface area contributed by atoms with Gasteiger partial charge in [0.25, 0.3) is 0 Å². The van der Waals surface area contributed by atoms with Gasteiger partial charge in [0.05, 0.1) is 0 Å². The summed E-state index contributed by atoms with van der Waals surface area (Å²) in [5.74, 6) is 0. The molecule has 0 bridgehead atoms. The van der Waals surface area contributed by atoms with Crippen LogP contribution >= 0.6 is 0 Å². The van der Waals surface area contributed by atoms with Crippen molar-refractivity contribution >= 4 is 0 Å². The molecule has 92 valence electrons. The van der Waals surface area contributed by atoms with E-state index in [2.05, 4.69) is 11.1 Å². The molecule has 0 radical (unpaired) electrons. The largest absolute Gasteiger partial charge is 0.330 e. The number of aromatic nitrogens is 1. The number of hydrogen-bond acceptors (Lipinski definition) is 2. The standard InChI is InChI=1S/C15H22N2/c16-12-15(13-5-4-8-17-9-13)10-14(11-15)6-2-1-3-7-14/h4-5,8-9H,1-3,6-7,10-12,16H2. The Balaban J connectivity index is 1.79. The molecule has 17 heavy (non-hydrogen) atoms. The minimum Gasteiger partial charge on any atom is -0.330 e. The van der Waals surface area contributed by atoms with Crippen molar-refractivity contribution in [3.05, 3.63) is 30.1 Å². The average Bonchev–Trinajstić information content (AvgIpc) is 2.37. The summed E-state index contributed by atoms with van der Waals surface area (Å²) in [5, 5.41) is 0. The second kappa shape index (κ2) is 4.09. The fourth-order valence-corrected chi connectivity index (χ4v) is 4.18. The SMILES string of the molecule is NCC1(c2cccnc2)CC2(CCCCC2)C1. The molecule has 0 aliphatic heterocycles. The zero-order valence-corrected chi connectivity index (χ0v) is 10.5. The molecule has 2 saturated carbocycles. The Labute approximate surface area is 104 Å². The van der Waals surface area contributed by atoms with Gasteiger partial charge in [-0.3, -0.25) is 4.98 Å². The summed E-state index contributed by atoms with van der Waals surface area (Å²) in [7, 11) is 0. The van der Waals surface area contributed by atoms with Gasteiger partial charge in [-0.1, -0.05) is 25.3 Å². The van der Waals surface area contributed by atoms with Crippen LogP contribution in [0.15, 0.2) is 24.5 Å². The van der Waals surface area contributed by atoms with Crippen molar-refractivity contribution in [2.24, 2.45) is 11.1 Å². The molecule has 0 saturated heterocycles. The highest BCUT2D eigenvalue weighted by Gasteiger charge is 2.54. The van der Waals surface area contributed by atoms with Crippen molar-refractivity contribution in [2.45, 2.75) is 50.4 Å². The summed E-state index contributed by atoms with van der Waals surface area (Å²) in [6, 6.07) is 4.24. The first-order valence-electron chi connectivity index (χ1n) is 6.89. The fraction of sp³-hybridized carbons (Fsp3) is 0.667. The van der Waals surface area contributed by atoms with E-state index in [1.807, 2.05) is 18.5 Å². The Kier molecular flexibility index (Phi) is 2.70. The van der Waals surface area contributed by atoms with E-state index >= 15 is 0 Å². The van der Waals surface area contributed by atoms with Gasteiger partial charge in [-0.2, -0.15) is 0 Å². The van der Waals surface area contributed by atoms with Crippen molar-refractivity contribution < 1.29 is 0 Å². The molecule has 2 heteroatoms. The van der Waals surface area contributed by atoms with Gasteiger partial charge in [0, 0.05) is 24.4 Å². The predicted octanol–water partition coefficient (Wildman–Crippen LogP) is 3.02. The van der Waals surface area contributed by atoms with Gasteiger partial charge in [-0.25, -0.2) is 0 Å². The molecule has 1 aromatic heterocycles. The highest BCUT2D eigenvalue weighted by Crippen LogP contribution is 2.61. The van der Waals surface area contributed by atoms with Crippen molar-refractivity contribution in [1.82, 2.24) is 4.98 Å². The molecular formula is C15H22N2. The van der Waals surface area contributed by atoms with E-state index in [9.17, 15) is 0 Å². The van der Waals surface area contributed by atoms with E-state index in [4.69, 9.17) is 5.73 Å². The molecule has 2 nitrogen and oxygen atoms in total. The number of pyridine rings is 1. The van der Waals surface area contributed by atoms with Gasteiger partial charge in [-0.15, -0.1) is 0 Å². The minimum absolute atomic E-state index is 0.242. The normalized spacial score (nSPS) is 25.5. The van der Waals surface area contributed by atoms with Crippen LogP contribution in [0, 0.1) is 5.41 Å². The lowest BCUT2D eigenvalue weighted by Crippen LogP contribution is -2.54. The molecule has 2 N–H and O–H groups in total. The van der Waals surface area contributed by atoms with Crippen LogP contribution < -0.4 is 5.73 Å². The van der Waals surface area contributed by atoms with Gasteiger partial charge in [0.1, 0.15) is 0 Å². The van der Waals surface area contributed by atoms with Crippen molar-refractivity contribution in [1.29, 1.82) is 0 Å². The van der Waals surface area contributed by atoms with Crippen molar-refractivity contribution in [3.63, 3.8) is 0 Å². The molecule has 1 aromatic rings. The maximum absolute atomic E-state index is 6.06. The lowest BCUT2D eigenvalue weighted by atomic mass is 9.47. The second-order valence-electron chi connectivity index (χ2n) is 6.14. The molecule has 2 fully saturated rings. The summed E-state index contributed by atoms with van der Waals surface area (Å²) in [6.45, 7) is 0.778. The van der Waals surface area contributed by atoms with E-state index in [-0.39, 0.29) is 5.41 Å². The molecule has 0 atom stereocenters. The van der Waals surface area contributed by atoms with Crippen LogP contribution in [0.3, 0.4) is 0 Å². The Morgan fingerprint density at radius 3 is 2.53 bits per heavy atom. The van der Waals surface area contributed by atoms with E-state index in [1.54, 1.807) is 0 Å². The lowest BCUT2D eigenvalue weighted by molar-refractivity contribution is -0.00850. The fourth-order valence-electron chi connectivity index (χ4n) is 4.18. The Bertz CT molecular complexity index is 371. The first-order chi connectivity index (χ1) is 8.29. The third kappa shape index (κ3) is 1.79. The topological polar surface area (TPSA) is 38.9 Å². The van der Waals surface area contributed by atoms with Crippen LogP contribution in [-0.2, 0) is 5.41 Å². The zero-order valence-electron chi connectivity index (χ0n) is 10.5. The number of nitrogens with zero attached hydrogens (tertiary/aromatic N) is 1. The molecule has 0 unspecified atom stereocenters. The van der Waals surface area contributed by atoms with Gasteiger partial charge in [0.15, 0.2) is 0 Å². The van der Waals surface area contributed by atoms with Crippen molar-refractivity contribution in [3.8, 4) is 0 Å². The Morgan fingerprint density at radius 1 is 1.18 bits per heavy atom. The van der Waals surface area contributed by atoms with Crippen LogP contribution in [0.4, 0.5) is 0 Å². The monoisotopic (exact) mass is 230 g/mol. The number of nitrogens with two attached hydrogens (primary N) is 1. The van der Waals surface area contributed by atoms with Crippen LogP contribution in [0.1, 0.15) is 50.5 Å². The smallest absolute Gasteiger partial charge is 0.0306 e. The average molecular weight is 230 g/mol. The lowest BCUT2D eigenvalue weighted by Gasteiger charge is -2.58. The van der Waals surface area contributed by atoms with Gasteiger partial charge < -0.3 is 5.73 Å². The third-order valence-corrected chi connectivity index (χ3v) is 5.01. The summed E-state index contributed by atoms with van der Waals surface area (Å²) < 4.78 is 0. The maximum atomic E-state index is 6.06. The molecule has 3 rings (SSSR count). The van der Waals surface area contributed by atoms with E-state index < -0.39 is 0 Å². The molecule has 2 aliphatic rings. The van der Waals surface area contributed by atoms with Gasteiger partial charge >= 0.3 is 0 Å². The molecule has 1 heterocycles. The van der Waals surface area contributed by atoms with Crippen LogP contribution in [0.2, 0.25) is 0 Å². The molecule has 1 spiro atoms. The molecular weight excluding hydrogens is 208 g/mol. The third-order valence-electron chi connectivity index (χ3n) is 5.01. The summed E-state index contributed by atoms with van der Waals surface area (Å²) in [5.41, 5.74) is 8.30. The minimum atomic E-state index is 0.242. The van der Waals surface area contributed by atoms with Crippen LogP contribution in [-0.4, -0.2) is 11.5 Å². The highest BCUT2D eigenvalue weighted by molar-refractivity contribution is 5.29. The molecule has 2 aliphatic carbocycles. The maximum Gasteiger partial charge on any atom is 0.0306 e. The highest BCUT2D eigenvalue weighted by atomic mass is 14.7. The predicted molar refractivity (Wildman–Crippen MR) is 69.7 cm³/mol. The second-order valence-corrected chi connectivity index (χ2v) is 6.14. The Morgan fingerprint density at radius 2 is 1.94 bits per heavy atom. The summed E-state index contributed by atoms with van der Waals surface area (Å²) in [6.07, 6.45) is 13.6. The van der Waals surface area contributed by atoms with Crippen LogP contribution in [0.25, 0.3) is 0 Å². The summed E-state index contributed by atoms with van der Waals surface area (Å²) >= 11 is 0. The van der Waals surface area contributed by atoms with E-state index in [1.165, 1.54) is 50.5 Å². The number of hydrogen-bond donors (Lipinski definition) is 1. The zero-order chi connectivity index (χ0) is 11.8. The molecule has 0 aromatic carbocycles. The summed E-state index contributed by atoms with van der Waals surface area (Å²) in [4.78, 5) is 4.26. The molecule has 0 amide bonds. The quantitative estimate of drug-likeness (QED) is 0.848. The first-order valence-corrected chi connectivity index (χ1v) is 6.89. The van der Waals surface area contributed by atoms with E-state index in [0.717, 1.165) is 6.54 Å². The van der Waals surface area contributed by atoms with Crippen LogP contribution in [0.5, 0.6) is 0 Å². The van der Waals surface area contributed by atoms with Crippen molar-refractivity contribution in [2.75, 3.05) is 6.54 Å². The van der Waals surface area contributed by atoms with E-state index in [0.29, 0.717) is 5.41 Å². The van der Waals surface area contributed by atoms with Gasteiger partial charge in [-0.05, 0) is 42.7 Å². The number of rotatable bonds is 2.